The number of nitrogens with one attached hydrogen (secondary N) is 1. The van der Waals surface area contributed by atoms with E-state index in [1.807, 2.05) is 6.92 Å². The highest BCUT2D eigenvalue weighted by Gasteiger charge is 2.55. The topological polar surface area (TPSA) is 105 Å². The summed E-state index contributed by atoms with van der Waals surface area (Å²) >= 11 is 0. The SMILES string of the molecule is CC(C)=C(F)CNC(=O)[C@@H]1C[C@H]2C[C@H]2N1C(=O)Cn1nc(C(=O)O)c2ccc(C)cc21. The maximum Gasteiger partial charge on any atom is 0.357 e. The minimum absolute atomic E-state index is 0.000873. The molecule has 2 aliphatic rings. The molecule has 2 aromatic rings. The molecule has 1 aliphatic heterocycles. The van der Waals surface area contributed by atoms with Crippen molar-refractivity contribution in [3.63, 3.8) is 0 Å². The second kappa shape index (κ2) is 7.79. The molecule has 2 amide bonds. The van der Waals surface area contributed by atoms with E-state index in [1.165, 1.54) is 4.68 Å². The van der Waals surface area contributed by atoms with E-state index in [-0.39, 0.29) is 42.6 Å². The van der Waals surface area contributed by atoms with Gasteiger partial charge in [0.2, 0.25) is 11.8 Å². The predicted octanol–water partition coefficient (Wildman–Crippen LogP) is 2.41. The first-order valence-corrected chi connectivity index (χ1v) is 10.3. The number of hydrogen-bond donors (Lipinski definition) is 2. The van der Waals surface area contributed by atoms with Gasteiger partial charge in [0.15, 0.2) is 5.69 Å². The lowest BCUT2D eigenvalue weighted by molar-refractivity contribution is -0.140. The Morgan fingerprint density at radius 2 is 2.00 bits per heavy atom. The highest BCUT2D eigenvalue weighted by Crippen LogP contribution is 2.48. The molecule has 31 heavy (non-hydrogen) atoms. The van der Waals surface area contributed by atoms with Crippen molar-refractivity contribution in [2.75, 3.05) is 6.54 Å². The van der Waals surface area contributed by atoms with Crippen LogP contribution < -0.4 is 5.32 Å². The van der Waals surface area contributed by atoms with Gasteiger partial charge >= 0.3 is 5.97 Å². The van der Waals surface area contributed by atoms with Gasteiger partial charge in [-0.25, -0.2) is 9.18 Å². The standard InChI is InChI=1S/C22H25FN4O4/c1-11(2)15(23)9-24-21(29)18-8-13-7-16(13)27(18)19(28)10-26-17-6-12(3)4-5-14(17)20(25-26)22(30)31/h4-6,13,16,18H,7-10H2,1-3H3,(H,24,29)(H,30,31)/t13-,16-,18+/m1/s1. The van der Waals surface area contributed by atoms with E-state index in [4.69, 9.17) is 0 Å². The van der Waals surface area contributed by atoms with Crippen LogP contribution in [-0.4, -0.2) is 56.2 Å². The molecule has 2 N–H and O–H groups in total. The number of fused-ring (bicyclic) bond motifs is 2. The van der Waals surface area contributed by atoms with Crippen LogP contribution in [-0.2, 0) is 16.1 Å². The van der Waals surface area contributed by atoms with Crippen LogP contribution in [0.1, 0.15) is 42.7 Å². The van der Waals surface area contributed by atoms with Crippen molar-refractivity contribution in [1.29, 1.82) is 0 Å². The molecule has 8 nitrogen and oxygen atoms in total. The van der Waals surface area contributed by atoms with Gasteiger partial charge in [0.05, 0.1) is 12.1 Å². The summed E-state index contributed by atoms with van der Waals surface area (Å²) in [6, 6.07) is 4.62. The van der Waals surface area contributed by atoms with E-state index >= 15 is 0 Å². The molecule has 1 aliphatic carbocycles. The predicted molar refractivity (Wildman–Crippen MR) is 111 cm³/mol. The van der Waals surface area contributed by atoms with E-state index in [2.05, 4.69) is 10.4 Å². The first kappa shape index (κ1) is 21.0. The Morgan fingerprint density at radius 3 is 2.68 bits per heavy atom. The van der Waals surface area contributed by atoms with Crippen molar-refractivity contribution in [2.24, 2.45) is 5.92 Å². The van der Waals surface area contributed by atoms with Gasteiger partial charge in [-0.05, 0) is 56.7 Å². The second-order valence-electron chi connectivity index (χ2n) is 8.57. The fourth-order valence-corrected chi connectivity index (χ4v) is 4.28. The Hall–Kier alpha value is -3.23. The zero-order valence-corrected chi connectivity index (χ0v) is 17.7. The van der Waals surface area contributed by atoms with Gasteiger partial charge in [-0.1, -0.05) is 12.1 Å². The maximum absolute atomic E-state index is 13.8. The van der Waals surface area contributed by atoms with Crippen LogP contribution in [0, 0.1) is 12.8 Å². The lowest BCUT2D eigenvalue weighted by Gasteiger charge is -2.27. The fraction of sp³-hybridized carbons (Fsp3) is 0.455. The van der Waals surface area contributed by atoms with Gasteiger partial charge in [0.1, 0.15) is 18.4 Å². The molecule has 2 fully saturated rings. The summed E-state index contributed by atoms with van der Waals surface area (Å²) in [4.78, 5) is 39.0. The largest absolute Gasteiger partial charge is 0.476 e. The van der Waals surface area contributed by atoms with E-state index in [0.29, 0.717) is 22.9 Å². The molecule has 0 radical (unpaired) electrons. The molecule has 9 heteroatoms. The molecule has 0 spiro atoms. The number of halogens is 1. The number of carboxylic acid groups (broad SMARTS) is 1. The Morgan fingerprint density at radius 1 is 1.26 bits per heavy atom. The Bertz CT molecular complexity index is 1120. The van der Waals surface area contributed by atoms with Gasteiger partial charge in [0.25, 0.3) is 0 Å². The molecule has 164 valence electrons. The van der Waals surface area contributed by atoms with Gasteiger partial charge in [-0.15, -0.1) is 0 Å². The average molecular weight is 428 g/mol. The molecule has 1 aromatic heterocycles. The van der Waals surface area contributed by atoms with Crippen molar-refractivity contribution < 1.29 is 23.9 Å². The van der Waals surface area contributed by atoms with Crippen molar-refractivity contribution in [2.45, 2.75) is 52.2 Å². The number of carbonyl (C=O) groups excluding carboxylic acids is 2. The van der Waals surface area contributed by atoms with E-state index in [9.17, 15) is 23.9 Å². The molecule has 1 saturated heterocycles. The summed E-state index contributed by atoms with van der Waals surface area (Å²) < 4.78 is 15.2. The zero-order valence-electron chi connectivity index (χ0n) is 17.7. The summed E-state index contributed by atoms with van der Waals surface area (Å²) in [6.07, 6.45) is 1.40. The summed E-state index contributed by atoms with van der Waals surface area (Å²) in [5.41, 5.74) is 1.86. The molecular weight excluding hydrogens is 403 g/mol. The number of likely N-dealkylation sites (tertiary alicyclic amines) is 1. The van der Waals surface area contributed by atoms with Crippen LogP contribution >= 0.6 is 0 Å². The van der Waals surface area contributed by atoms with Crippen molar-refractivity contribution >= 4 is 28.7 Å². The molecule has 2 heterocycles. The Kier molecular flexibility index (Phi) is 5.28. The minimum atomic E-state index is -1.16. The maximum atomic E-state index is 13.8. The van der Waals surface area contributed by atoms with Crippen LogP contribution in [0.4, 0.5) is 4.39 Å². The van der Waals surface area contributed by atoms with Gasteiger partial charge in [-0.2, -0.15) is 5.10 Å². The van der Waals surface area contributed by atoms with Crippen LogP contribution in [0.2, 0.25) is 0 Å². The first-order chi connectivity index (χ1) is 14.7. The summed E-state index contributed by atoms with van der Waals surface area (Å²) in [5.74, 6) is -1.95. The quantitative estimate of drug-likeness (QED) is 0.735. The number of rotatable bonds is 6. The monoisotopic (exact) mass is 428 g/mol. The van der Waals surface area contributed by atoms with Crippen LogP contribution in [0.3, 0.4) is 0 Å². The third-order valence-corrected chi connectivity index (χ3v) is 6.05. The number of aryl methyl sites for hydroxylation is 1. The van der Waals surface area contributed by atoms with E-state index < -0.39 is 17.8 Å². The zero-order chi connectivity index (χ0) is 22.4. The van der Waals surface area contributed by atoms with Gasteiger partial charge in [0, 0.05) is 11.4 Å². The minimum Gasteiger partial charge on any atom is -0.476 e. The number of allylic oxidation sites excluding steroid dienone is 1. The molecule has 0 bridgehead atoms. The molecule has 3 atom stereocenters. The number of aromatic carboxylic acids is 1. The average Bonchev–Trinajstić information content (AvgIpc) is 3.23. The Balaban J connectivity index is 1.55. The number of nitrogens with zero attached hydrogens (tertiary/aromatic N) is 3. The highest BCUT2D eigenvalue weighted by atomic mass is 19.1. The second-order valence-corrected chi connectivity index (χ2v) is 8.57. The van der Waals surface area contributed by atoms with Crippen LogP contribution in [0.5, 0.6) is 0 Å². The van der Waals surface area contributed by atoms with Crippen molar-refractivity contribution in [3.8, 4) is 0 Å². The van der Waals surface area contributed by atoms with Gasteiger partial charge in [-0.3, -0.25) is 14.3 Å². The third-order valence-electron chi connectivity index (χ3n) is 6.05. The number of amides is 2. The fourth-order valence-electron chi connectivity index (χ4n) is 4.28. The summed E-state index contributed by atoms with van der Waals surface area (Å²) in [5, 5.41) is 16.6. The Labute approximate surface area is 178 Å². The lowest BCUT2D eigenvalue weighted by atomic mass is 10.1. The number of benzene rings is 1. The van der Waals surface area contributed by atoms with Gasteiger partial charge < -0.3 is 15.3 Å². The highest BCUT2D eigenvalue weighted by molar-refractivity contribution is 6.01. The summed E-state index contributed by atoms with van der Waals surface area (Å²) in [7, 11) is 0. The van der Waals surface area contributed by atoms with E-state index in [0.717, 1.165) is 12.0 Å². The molecule has 1 saturated carbocycles. The third kappa shape index (κ3) is 3.92. The molecule has 0 unspecified atom stereocenters. The first-order valence-electron chi connectivity index (χ1n) is 10.3. The lowest BCUT2D eigenvalue weighted by Crippen LogP contribution is -2.49. The molecule has 1 aromatic carbocycles. The van der Waals surface area contributed by atoms with Crippen molar-refractivity contribution in [3.05, 3.63) is 40.9 Å². The number of piperidine rings is 1. The smallest absolute Gasteiger partial charge is 0.357 e. The summed E-state index contributed by atoms with van der Waals surface area (Å²) in [6.45, 7) is 4.77. The number of carboxylic acids is 1. The molecular formula is C22H25FN4O4. The molecule has 4 rings (SSSR count). The number of hydrogen-bond acceptors (Lipinski definition) is 4. The number of aromatic nitrogens is 2. The van der Waals surface area contributed by atoms with Crippen molar-refractivity contribution in [1.82, 2.24) is 20.0 Å². The normalized spacial score (nSPS) is 21.7. The number of carbonyl (C=O) groups is 3. The van der Waals surface area contributed by atoms with Crippen LogP contribution in [0.25, 0.3) is 10.9 Å². The van der Waals surface area contributed by atoms with E-state index in [1.54, 1.807) is 36.9 Å². The van der Waals surface area contributed by atoms with Crippen LogP contribution in [0.15, 0.2) is 29.6 Å².